The van der Waals surface area contributed by atoms with Gasteiger partial charge in [-0.25, -0.2) is 4.98 Å². The van der Waals surface area contributed by atoms with Gasteiger partial charge in [-0.15, -0.1) is 11.3 Å². The van der Waals surface area contributed by atoms with Gasteiger partial charge in [0.15, 0.2) is 4.96 Å². The zero-order valence-corrected chi connectivity index (χ0v) is 11.5. The molecule has 3 aromatic heterocycles. The number of rotatable bonds is 4. The Hall–Kier alpha value is -2.45. The van der Waals surface area contributed by atoms with Crippen molar-refractivity contribution in [2.45, 2.75) is 6.04 Å². The van der Waals surface area contributed by atoms with Crippen molar-refractivity contribution in [3.63, 3.8) is 0 Å². The Kier molecular flexibility index (Phi) is 3.55. The summed E-state index contributed by atoms with van der Waals surface area (Å²) in [6, 6.07) is 2.57. The van der Waals surface area contributed by atoms with E-state index in [9.17, 15) is 14.7 Å². The van der Waals surface area contributed by atoms with E-state index in [1.54, 1.807) is 23.7 Å². The van der Waals surface area contributed by atoms with Crippen molar-refractivity contribution in [2.24, 2.45) is 0 Å². The van der Waals surface area contributed by atoms with E-state index in [4.69, 9.17) is 4.42 Å². The Balaban J connectivity index is 1.90. The summed E-state index contributed by atoms with van der Waals surface area (Å²) >= 11 is 1.30. The van der Waals surface area contributed by atoms with Gasteiger partial charge < -0.3 is 14.8 Å². The maximum absolute atomic E-state index is 12.2. The summed E-state index contributed by atoms with van der Waals surface area (Å²) in [5.74, 6) is -0.195. The Bertz CT molecular complexity index is 821. The summed E-state index contributed by atoms with van der Waals surface area (Å²) in [6.45, 7) is -0.339. The summed E-state index contributed by atoms with van der Waals surface area (Å²) in [5.41, 5.74) is -0.536. The predicted molar refractivity (Wildman–Crippen MR) is 75.3 cm³/mol. The number of nitrogens with one attached hydrogen (secondary N) is 1. The molecule has 0 radical (unpaired) electrons. The molecule has 1 unspecified atom stereocenters. The molecule has 1 amide bonds. The minimum atomic E-state index is -0.713. The van der Waals surface area contributed by atoms with Crippen LogP contribution >= 0.6 is 11.3 Å². The zero-order valence-electron chi connectivity index (χ0n) is 10.7. The first-order chi connectivity index (χ1) is 10.2. The van der Waals surface area contributed by atoms with E-state index in [0.29, 0.717) is 10.7 Å². The molecule has 0 saturated carbocycles. The number of thiazole rings is 1. The molecule has 0 aromatic carbocycles. The monoisotopic (exact) mass is 305 g/mol. The van der Waals surface area contributed by atoms with Crippen molar-refractivity contribution in [1.82, 2.24) is 14.7 Å². The summed E-state index contributed by atoms with van der Waals surface area (Å²) in [4.78, 5) is 28.9. The molecule has 0 fully saturated rings. The minimum absolute atomic E-state index is 0.0871. The van der Waals surface area contributed by atoms with Crippen LogP contribution in [0.25, 0.3) is 4.96 Å². The fourth-order valence-corrected chi connectivity index (χ4v) is 2.59. The largest absolute Gasteiger partial charge is 0.467 e. The minimum Gasteiger partial charge on any atom is -0.467 e. The second-order valence-corrected chi connectivity index (χ2v) is 5.13. The summed E-state index contributed by atoms with van der Waals surface area (Å²) in [7, 11) is 0. The number of fused-ring (bicyclic) bond motifs is 1. The van der Waals surface area contributed by atoms with Gasteiger partial charge in [-0.1, -0.05) is 0 Å². The van der Waals surface area contributed by atoms with Crippen molar-refractivity contribution in [1.29, 1.82) is 0 Å². The van der Waals surface area contributed by atoms with E-state index in [2.05, 4.69) is 10.3 Å². The number of nitrogens with zero attached hydrogens (tertiary/aromatic N) is 2. The third-order valence-electron chi connectivity index (χ3n) is 2.96. The van der Waals surface area contributed by atoms with Crippen molar-refractivity contribution in [2.75, 3.05) is 6.61 Å². The van der Waals surface area contributed by atoms with Crippen LogP contribution in [0.5, 0.6) is 0 Å². The Morgan fingerprint density at radius 2 is 2.43 bits per heavy atom. The molecule has 8 heteroatoms. The third-order valence-corrected chi connectivity index (χ3v) is 3.73. The van der Waals surface area contributed by atoms with Gasteiger partial charge in [0.2, 0.25) is 0 Å². The number of carbonyl (C=O) groups is 1. The number of furan rings is 1. The number of hydrogen-bond donors (Lipinski definition) is 2. The first kappa shape index (κ1) is 13.5. The van der Waals surface area contributed by atoms with Gasteiger partial charge in [0.1, 0.15) is 17.4 Å². The van der Waals surface area contributed by atoms with Crippen LogP contribution in [-0.2, 0) is 0 Å². The number of carbonyl (C=O) groups excluding carboxylic acids is 1. The highest BCUT2D eigenvalue weighted by Gasteiger charge is 2.20. The highest BCUT2D eigenvalue weighted by atomic mass is 32.1. The normalized spacial score (nSPS) is 12.4. The molecule has 0 bridgehead atoms. The SMILES string of the molecule is O=C(NC(CO)c1ccco1)c1cnc2sccn2c1=O. The summed E-state index contributed by atoms with van der Waals surface area (Å²) in [6.07, 6.45) is 4.24. The fraction of sp³-hybridized carbons (Fsp3) is 0.154. The summed E-state index contributed by atoms with van der Waals surface area (Å²) < 4.78 is 6.45. The van der Waals surface area contributed by atoms with Crippen LogP contribution < -0.4 is 10.9 Å². The lowest BCUT2D eigenvalue weighted by molar-refractivity contribution is 0.0905. The average molecular weight is 305 g/mol. The smallest absolute Gasteiger partial charge is 0.271 e. The number of amides is 1. The number of aliphatic hydroxyl groups excluding tert-OH is 1. The van der Waals surface area contributed by atoms with Gasteiger partial charge in [0.05, 0.1) is 12.9 Å². The molecule has 1 atom stereocenters. The molecule has 108 valence electrons. The molecule has 3 heterocycles. The van der Waals surface area contributed by atoms with E-state index in [1.165, 1.54) is 28.2 Å². The highest BCUT2D eigenvalue weighted by molar-refractivity contribution is 7.15. The standard InChI is InChI=1S/C13H11N3O4S/c17-7-9(10-2-1-4-20-10)15-11(18)8-6-14-13-16(12(8)19)3-5-21-13/h1-6,9,17H,7H2,(H,15,18). The molecule has 0 spiro atoms. The molecule has 0 aliphatic rings. The number of hydrogen-bond acceptors (Lipinski definition) is 6. The van der Waals surface area contributed by atoms with Crippen LogP contribution in [0.2, 0.25) is 0 Å². The molecule has 0 aliphatic heterocycles. The van der Waals surface area contributed by atoms with E-state index in [0.717, 1.165) is 0 Å². The fourth-order valence-electron chi connectivity index (χ4n) is 1.91. The van der Waals surface area contributed by atoms with E-state index < -0.39 is 17.5 Å². The number of aromatic nitrogens is 2. The molecule has 0 aliphatic carbocycles. The predicted octanol–water partition coefficient (Wildman–Crippen LogP) is 0.812. The van der Waals surface area contributed by atoms with E-state index in [-0.39, 0.29) is 12.2 Å². The van der Waals surface area contributed by atoms with Gasteiger partial charge in [-0.05, 0) is 12.1 Å². The topological polar surface area (TPSA) is 96.8 Å². The van der Waals surface area contributed by atoms with Crippen molar-refractivity contribution < 1.29 is 14.3 Å². The second-order valence-electron chi connectivity index (χ2n) is 4.26. The van der Waals surface area contributed by atoms with Gasteiger partial charge in [0.25, 0.3) is 11.5 Å². The third kappa shape index (κ3) is 2.46. The lowest BCUT2D eigenvalue weighted by Gasteiger charge is -2.13. The van der Waals surface area contributed by atoms with Crippen LogP contribution in [0.1, 0.15) is 22.2 Å². The van der Waals surface area contributed by atoms with Crippen molar-refractivity contribution in [3.8, 4) is 0 Å². The molecule has 2 N–H and O–H groups in total. The maximum Gasteiger partial charge on any atom is 0.271 e. The first-order valence-electron chi connectivity index (χ1n) is 6.10. The lowest BCUT2D eigenvalue weighted by atomic mass is 10.2. The number of aliphatic hydroxyl groups is 1. The average Bonchev–Trinajstić information content (AvgIpc) is 3.16. The van der Waals surface area contributed by atoms with E-state index >= 15 is 0 Å². The van der Waals surface area contributed by atoms with Gasteiger partial charge in [-0.2, -0.15) is 0 Å². The Morgan fingerprint density at radius 3 is 3.14 bits per heavy atom. The van der Waals surface area contributed by atoms with Crippen LogP contribution in [0, 0.1) is 0 Å². The molecule has 3 aromatic rings. The van der Waals surface area contributed by atoms with Gasteiger partial charge in [-0.3, -0.25) is 14.0 Å². The van der Waals surface area contributed by atoms with Crippen LogP contribution in [0.3, 0.4) is 0 Å². The first-order valence-corrected chi connectivity index (χ1v) is 6.98. The second kappa shape index (κ2) is 5.51. The lowest BCUT2D eigenvalue weighted by Crippen LogP contribution is -2.35. The highest BCUT2D eigenvalue weighted by Crippen LogP contribution is 2.13. The molecular weight excluding hydrogens is 294 g/mol. The van der Waals surface area contributed by atoms with Gasteiger partial charge >= 0.3 is 0 Å². The maximum atomic E-state index is 12.2. The molecule has 21 heavy (non-hydrogen) atoms. The Morgan fingerprint density at radius 1 is 1.57 bits per heavy atom. The van der Waals surface area contributed by atoms with E-state index in [1.807, 2.05) is 0 Å². The van der Waals surface area contributed by atoms with Crippen molar-refractivity contribution in [3.05, 3.63) is 57.8 Å². The van der Waals surface area contributed by atoms with Gasteiger partial charge in [0, 0.05) is 17.8 Å². The summed E-state index contributed by atoms with van der Waals surface area (Å²) in [5, 5.41) is 13.6. The van der Waals surface area contributed by atoms with Crippen LogP contribution in [0.15, 0.2) is 45.4 Å². The van der Waals surface area contributed by atoms with Crippen LogP contribution in [-0.4, -0.2) is 27.0 Å². The molecular formula is C13H11N3O4S. The Labute approximate surface area is 122 Å². The zero-order chi connectivity index (χ0) is 14.8. The molecule has 0 saturated heterocycles. The van der Waals surface area contributed by atoms with Crippen molar-refractivity contribution >= 4 is 22.2 Å². The quantitative estimate of drug-likeness (QED) is 0.743. The molecule has 3 rings (SSSR count). The van der Waals surface area contributed by atoms with Crippen LogP contribution in [0.4, 0.5) is 0 Å². The molecule has 7 nitrogen and oxygen atoms in total.